The normalized spacial score (nSPS) is 16.3. The molecule has 0 bridgehead atoms. The van der Waals surface area contributed by atoms with Crippen LogP contribution in [0.3, 0.4) is 0 Å². The minimum Gasteiger partial charge on any atom is -0.497 e. The van der Waals surface area contributed by atoms with Crippen LogP contribution in [0.1, 0.15) is 28.8 Å². The number of hydrogen-bond donors (Lipinski definition) is 1. The predicted octanol–water partition coefficient (Wildman–Crippen LogP) is 2.69. The van der Waals surface area contributed by atoms with Crippen molar-refractivity contribution in [3.63, 3.8) is 0 Å². The second-order valence-corrected chi connectivity index (χ2v) is 7.59. The van der Waals surface area contributed by atoms with Crippen molar-refractivity contribution in [3.05, 3.63) is 53.6 Å². The standard InChI is InChI=1S/C23H24N2O5/c1-29-18-5-2-15(3-6-18)12-22(27)25-10-8-16(9-11-25)23(28)17-4-7-20-19(13-17)24-21(26)14-30-20/h2-7,13,16H,8-12,14H2,1H3,(H,24,26). The molecule has 7 heteroatoms. The molecule has 156 valence electrons. The van der Waals surface area contributed by atoms with Crippen molar-refractivity contribution >= 4 is 23.3 Å². The summed E-state index contributed by atoms with van der Waals surface area (Å²) in [5, 5.41) is 2.73. The van der Waals surface area contributed by atoms with Gasteiger partial charge in [-0.05, 0) is 48.7 Å². The van der Waals surface area contributed by atoms with Gasteiger partial charge in [0.1, 0.15) is 11.5 Å². The van der Waals surface area contributed by atoms with Gasteiger partial charge in [-0.15, -0.1) is 0 Å². The van der Waals surface area contributed by atoms with Gasteiger partial charge < -0.3 is 19.7 Å². The molecular formula is C23H24N2O5. The lowest BCUT2D eigenvalue weighted by molar-refractivity contribution is -0.131. The highest BCUT2D eigenvalue weighted by Gasteiger charge is 2.29. The number of ether oxygens (including phenoxy) is 2. The molecule has 1 N–H and O–H groups in total. The fourth-order valence-electron chi connectivity index (χ4n) is 3.89. The summed E-state index contributed by atoms with van der Waals surface area (Å²) >= 11 is 0. The van der Waals surface area contributed by atoms with Crippen molar-refractivity contribution in [2.24, 2.45) is 5.92 Å². The lowest BCUT2D eigenvalue weighted by atomic mass is 9.88. The summed E-state index contributed by atoms with van der Waals surface area (Å²) in [6, 6.07) is 12.6. The number of amides is 2. The molecule has 2 aromatic carbocycles. The molecule has 30 heavy (non-hydrogen) atoms. The van der Waals surface area contributed by atoms with Crippen LogP contribution < -0.4 is 14.8 Å². The molecule has 1 fully saturated rings. The summed E-state index contributed by atoms with van der Waals surface area (Å²) in [4.78, 5) is 38.9. The number of Topliss-reactive ketones (excluding diaryl/α,β-unsaturated/α-hetero) is 1. The van der Waals surface area contributed by atoms with E-state index in [2.05, 4.69) is 5.32 Å². The van der Waals surface area contributed by atoms with E-state index >= 15 is 0 Å². The van der Waals surface area contributed by atoms with Crippen LogP contribution in [0, 0.1) is 5.92 Å². The Morgan fingerprint density at radius 2 is 1.87 bits per heavy atom. The van der Waals surface area contributed by atoms with Gasteiger partial charge in [0.15, 0.2) is 12.4 Å². The zero-order valence-electron chi connectivity index (χ0n) is 16.8. The zero-order chi connectivity index (χ0) is 21.1. The summed E-state index contributed by atoms with van der Waals surface area (Å²) in [5.74, 6) is 1.09. The highest BCUT2D eigenvalue weighted by Crippen LogP contribution is 2.31. The first-order valence-corrected chi connectivity index (χ1v) is 10.0. The number of carbonyl (C=O) groups excluding carboxylic acids is 3. The second-order valence-electron chi connectivity index (χ2n) is 7.59. The third-order valence-electron chi connectivity index (χ3n) is 5.63. The van der Waals surface area contributed by atoms with E-state index in [-0.39, 0.29) is 30.1 Å². The Labute approximate surface area is 175 Å². The number of ketones is 1. The van der Waals surface area contributed by atoms with Gasteiger partial charge in [0, 0.05) is 24.6 Å². The third-order valence-corrected chi connectivity index (χ3v) is 5.63. The molecule has 7 nitrogen and oxygen atoms in total. The van der Waals surface area contributed by atoms with Crippen LogP contribution in [-0.4, -0.2) is 49.3 Å². The minimum absolute atomic E-state index is 0.0106. The van der Waals surface area contributed by atoms with Crippen molar-refractivity contribution in [2.45, 2.75) is 19.3 Å². The Bertz CT molecular complexity index is 962. The Kier molecular flexibility index (Phi) is 5.70. The fourth-order valence-corrected chi connectivity index (χ4v) is 3.89. The van der Waals surface area contributed by atoms with Crippen molar-refractivity contribution in [1.29, 1.82) is 0 Å². The molecule has 0 aliphatic carbocycles. The predicted molar refractivity (Wildman–Crippen MR) is 111 cm³/mol. The monoisotopic (exact) mass is 408 g/mol. The topological polar surface area (TPSA) is 84.9 Å². The van der Waals surface area contributed by atoms with Gasteiger partial charge in [-0.2, -0.15) is 0 Å². The average molecular weight is 408 g/mol. The number of nitrogens with zero attached hydrogens (tertiary/aromatic N) is 1. The van der Waals surface area contributed by atoms with Crippen LogP contribution in [0.4, 0.5) is 5.69 Å². The van der Waals surface area contributed by atoms with Crippen LogP contribution in [0.15, 0.2) is 42.5 Å². The van der Waals surface area contributed by atoms with E-state index < -0.39 is 0 Å². The van der Waals surface area contributed by atoms with Crippen LogP contribution in [-0.2, 0) is 16.0 Å². The molecule has 1 saturated heterocycles. The van der Waals surface area contributed by atoms with E-state index in [1.807, 2.05) is 29.2 Å². The number of fused-ring (bicyclic) bond motifs is 1. The van der Waals surface area contributed by atoms with Gasteiger partial charge in [0.05, 0.1) is 19.2 Å². The first-order chi connectivity index (χ1) is 14.5. The number of likely N-dealkylation sites (tertiary alicyclic amines) is 1. The molecule has 2 heterocycles. The first-order valence-electron chi connectivity index (χ1n) is 10.0. The summed E-state index contributed by atoms with van der Waals surface area (Å²) in [7, 11) is 1.61. The van der Waals surface area contributed by atoms with Crippen molar-refractivity contribution in [2.75, 3.05) is 32.1 Å². The van der Waals surface area contributed by atoms with Crippen LogP contribution in [0.2, 0.25) is 0 Å². The molecule has 0 unspecified atom stereocenters. The minimum atomic E-state index is -0.226. The van der Waals surface area contributed by atoms with Gasteiger partial charge in [-0.3, -0.25) is 14.4 Å². The van der Waals surface area contributed by atoms with Crippen LogP contribution in [0.25, 0.3) is 0 Å². The Morgan fingerprint density at radius 3 is 2.57 bits per heavy atom. The molecular weight excluding hydrogens is 384 g/mol. The van der Waals surface area contributed by atoms with Crippen molar-refractivity contribution < 1.29 is 23.9 Å². The van der Waals surface area contributed by atoms with Gasteiger partial charge in [0.2, 0.25) is 5.91 Å². The number of benzene rings is 2. The summed E-state index contributed by atoms with van der Waals surface area (Å²) in [5.41, 5.74) is 2.03. The zero-order valence-corrected chi connectivity index (χ0v) is 16.8. The van der Waals surface area contributed by atoms with E-state index in [0.29, 0.717) is 49.4 Å². The lowest BCUT2D eigenvalue weighted by Gasteiger charge is -2.31. The number of rotatable bonds is 5. The molecule has 0 aromatic heterocycles. The summed E-state index contributed by atoms with van der Waals surface area (Å²) in [6.45, 7) is 1.12. The number of piperidine rings is 1. The van der Waals surface area contributed by atoms with E-state index in [1.54, 1.807) is 25.3 Å². The van der Waals surface area contributed by atoms with Crippen LogP contribution in [0.5, 0.6) is 11.5 Å². The van der Waals surface area contributed by atoms with Crippen molar-refractivity contribution in [3.8, 4) is 11.5 Å². The van der Waals surface area contributed by atoms with E-state index in [1.165, 1.54) is 0 Å². The van der Waals surface area contributed by atoms with Gasteiger partial charge in [-0.25, -0.2) is 0 Å². The molecule has 0 spiro atoms. The van der Waals surface area contributed by atoms with E-state index in [0.717, 1.165) is 11.3 Å². The van der Waals surface area contributed by atoms with Gasteiger partial charge in [0.25, 0.3) is 5.91 Å². The van der Waals surface area contributed by atoms with Gasteiger partial charge >= 0.3 is 0 Å². The largest absolute Gasteiger partial charge is 0.497 e. The van der Waals surface area contributed by atoms with Crippen molar-refractivity contribution in [1.82, 2.24) is 4.90 Å². The molecule has 4 rings (SSSR count). The first kappa shape index (κ1) is 19.9. The molecule has 2 amide bonds. The lowest BCUT2D eigenvalue weighted by Crippen LogP contribution is -2.41. The van der Waals surface area contributed by atoms with Crippen LogP contribution >= 0.6 is 0 Å². The van der Waals surface area contributed by atoms with E-state index in [9.17, 15) is 14.4 Å². The average Bonchev–Trinajstić information content (AvgIpc) is 2.78. The molecule has 2 aliphatic heterocycles. The quantitative estimate of drug-likeness (QED) is 0.769. The number of hydrogen-bond acceptors (Lipinski definition) is 5. The number of anilines is 1. The molecule has 0 saturated carbocycles. The fraction of sp³-hybridized carbons (Fsp3) is 0.348. The number of nitrogens with one attached hydrogen (secondary N) is 1. The maximum Gasteiger partial charge on any atom is 0.262 e. The third kappa shape index (κ3) is 4.30. The SMILES string of the molecule is COc1ccc(CC(=O)N2CCC(C(=O)c3ccc4c(c3)NC(=O)CO4)CC2)cc1. The molecule has 2 aromatic rings. The summed E-state index contributed by atoms with van der Waals surface area (Å²) in [6.07, 6.45) is 1.60. The molecule has 0 radical (unpaired) electrons. The second kappa shape index (κ2) is 8.57. The summed E-state index contributed by atoms with van der Waals surface area (Å²) < 4.78 is 10.5. The molecule has 2 aliphatic rings. The Morgan fingerprint density at radius 1 is 1.13 bits per heavy atom. The Balaban J connectivity index is 1.33. The smallest absolute Gasteiger partial charge is 0.262 e. The molecule has 0 atom stereocenters. The number of carbonyl (C=O) groups is 3. The highest BCUT2D eigenvalue weighted by atomic mass is 16.5. The highest BCUT2D eigenvalue weighted by molar-refractivity contribution is 6.01. The Hall–Kier alpha value is -3.35. The maximum absolute atomic E-state index is 12.9. The maximum atomic E-state index is 12.9. The number of methoxy groups -OCH3 is 1. The van der Waals surface area contributed by atoms with Gasteiger partial charge in [-0.1, -0.05) is 12.1 Å². The van der Waals surface area contributed by atoms with E-state index in [4.69, 9.17) is 9.47 Å².